The molecule has 18 heavy (non-hydrogen) atoms. The average molecular weight is 248 g/mol. The van der Waals surface area contributed by atoms with Crippen LogP contribution in [0.2, 0.25) is 6.55 Å². The minimum Gasteiger partial charge on any atom is -0.0924 e. The van der Waals surface area contributed by atoms with Gasteiger partial charge in [-0.25, -0.2) is 0 Å². The van der Waals surface area contributed by atoms with Gasteiger partial charge in [0, 0.05) is 0 Å². The van der Waals surface area contributed by atoms with Gasteiger partial charge in [0.1, 0.15) is 0 Å². The van der Waals surface area contributed by atoms with E-state index in [4.69, 9.17) is 0 Å². The summed E-state index contributed by atoms with van der Waals surface area (Å²) in [4.78, 5) is 0. The van der Waals surface area contributed by atoms with Gasteiger partial charge in [0.25, 0.3) is 0 Å². The highest BCUT2D eigenvalue weighted by Gasteiger charge is 2.19. The van der Waals surface area contributed by atoms with E-state index >= 15 is 0 Å². The Labute approximate surface area is 110 Å². The summed E-state index contributed by atoms with van der Waals surface area (Å²) in [5.74, 6) is 0. The summed E-state index contributed by atoms with van der Waals surface area (Å²) >= 11 is 0. The first-order chi connectivity index (χ1) is 8.86. The van der Waals surface area contributed by atoms with Crippen LogP contribution in [0.4, 0.5) is 0 Å². The molecule has 0 saturated carbocycles. The average Bonchev–Trinajstić information content (AvgIpc) is 2.83. The van der Waals surface area contributed by atoms with Crippen LogP contribution in [0.1, 0.15) is 11.1 Å². The molecule has 1 unspecified atom stereocenters. The van der Waals surface area contributed by atoms with E-state index in [9.17, 15) is 0 Å². The fourth-order valence-corrected chi connectivity index (χ4v) is 4.72. The molecule has 0 amide bonds. The van der Waals surface area contributed by atoms with Crippen LogP contribution in [0.5, 0.6) is 0 Å². The highest BCUT2D eigenvalue weighted by Crippen LogP contribution is 2.34. The van der Waals surface area contributed by atoms with E-state index in [-0.39, 0.29) is 0 Å². The van der Waals surface area contributed by atoms with Crippen LogP contribution in [0.15, 0.2) is 72.4 Å². The number of rotatable bonds is 2. The molecule has 1 heterocycles. The zero-order valence-corrected chi connectivity index (χ0v) is 11.7. The van der Waals surface area contributed by atoms with Gasteiger partial charge in [0.2, 0.25) is 0 Å². The summed E-state index contributed by atoms with van der Waals surface area (Å²) in [5, 5.41) is 1.57. The molecule has 88 valence electrons. The van der Waals surface area contributed by atoms with Gasteiger partial charge < -0.3 is 0 Å². The lowest BCUT2D eigenvalue weighted by Crippen LogP contribution is -2.04. The van der Waals surface area contributed by atoms with Crippen molar-refractivity contribution in [3.8, 4) is 0 Å². The van der Waals surface area contributed by atoms with Crippen molar-refractivity contribution in [2.24, 2.45) is 0 Å². The van der Waals surface area contributed by atoms with E-state index in [0.29, 0.717) is 0 Å². The van der Waals surface area contributed by atoms with E-state index in [1.165, 1.54) is 16.7 Å². The summed E-state index contributed by atoms with van der Waals surface area (Å²) in [7, 11) is -0.920. The lowest BCUT2D eigenvalue weighted by Gasteiger charge is -2.11. The molecule has 1 aliphatic rings. The molecule has 0 radical (unpaired) electrons. The maximum atomic E-state index is 2.42. The predicted molar refractivity (Wildman–Crippen MR) is 81.9 cm³/mol. The van der Waals surface area contributed by atoms with Crippen LogP contribution >= 0.6 is 0 Å². The normalized spacial score (nSPS) is 18.4. The molecular weight excluding hydrogens is 232 g/mol. The van der Waals surface area contributed by atoms with Crippen molar-refractivity contribution in [3.05, 3.63) is 83.6 Å². The molecular formula is C17H16Si. The Hall–Kier alpha value is -1.86. The van der Waals surface area contributed by atoms with Gasteiger partial charge in [-0.2, -0.15) is 0 Å². The third-order valence-corrected chi connectivity index (χ3v) is 5.79. The highest BCUT2D eigenvalue weighted by molar-refractivity contribution is 6.85. The molecule has 0 spiro atoms. The van der Waals surface area contributed by atoms with Crippen LogP contribution in [0.3, 0.4) is 0 Å². The van der Waals surface area contributed by atoms with Crippen molar-refractivity contribution in [2.45, 2.75) is 6.55 Å². The minimum atomic E-state index is -0.920. The lowest BCUT2D eigenvalue weighted by molar-refractivity contribution is 1.61. The quantitative estimate of drug-likeness (QED) is 0.702. The van der Waals surface area contributed by atoms with E-state index in [1.807, 2.05) is 0 Å². The molecule has 1 aliphatic heterocycles. The number of hydrogen-bond acceptors (Lipinski definition) is 0. The van der Waals surface area contributed by atoms with Crippen LogP contribution in [0.25, 0.3) is 10.8 Å². The maximum absolute atomic E-state index is 2.42. The highest BCUT2D eigenvalue weighted by atomic mass is 28.3. The topological polar surface area (TPSA) is 0 Å². The lowest BCUT2D eigenvalue weighted by atomic mass is 10.0. The van der Waals surface area contributed by atoms with Crippen molar-refractivity contribution in [3.63, 3.8) is 0 Å². The Morgan fingerprint density at radius 3 is 1.89 bits per heavy atom. The standard InChI is InChI=1S/C17H16Si/c1-18-13-12-16(14-8-4-2-5-9-14)17(18)15-10-6-3-7-11-15/h2-13,18H,1H3. The predicted octanol–water partition coefficient (Wildman–Crippen LogP) is 4.10. The monoisotopic (exact) mass is 248 g/mol. The van der Waals surface area contributed by atoms with Crippen LogP contribution in [0, 0.1) is 0 Å². The summed E-state index contributed by atoms with van der Waals surface area (Å²) in [6.07, 6.45) is 2.31. The first-order valence-electron chi connectivity index (χ1n) is 6.39. The van der Waals surface area contributed by atoms with Crippen molar-refractivity contribution < 1.29 is 0 Å². The zero-order valence-electron chi connectivity index (χ0n) is 10.5. The van der Waals surface area contributed by atoms with E-state index < -0.39 is 8.80 Å². The van der Waals surface area contributed by atoms with Crippen LogP contribution in [-0.2, 0) is 0 Å². The molecule has 1 heteroatoms. The van der Waals surface area contributed by atoms with E-state index in [0.717, 1.165) is 0 Å². The second kappa shape index (κ2) is 4.79. The Kier molecular flexibility index (Phi) is 2.99. The minimum absolute atomic E-state index is 0.920. The molecule has 0 nitrogen and oxygen atoms in total. The van der Waals surface area contributed by atoms with Crippen molar-refractivity contribution >= 4 is 19.6 Å². The number of benzene rings is 2. The fraction of sp³-hybridized carbons (Fsp3) is 0.0588. The SMILES string of the molecule is C[SiH]1C=CC(c2ccccc2)=C1c1ccccc1. The van der Waals surface area contributed by atoms with Crippen molar-refractivity contribution in [1.29, 1.82) is 0 Å². The Balaban J connectivity index is 2.15. The molecule has 1 atom stereocenters. The summed E-state index contributed by atoms with van der Waals surface area (Å²) < 4.78 is 0. The first kappa shape index (κ1) is 11.2. The molecule has 0 saturated heterocycles. The molecule has 0 bridgehead atoms. The molecule has 2 aromatic carbocycles. The van der Waals surface area contributed by atoms with Crippen LogP contribution < -0.4 is 0 Å². The third kappa shape index (κ3) is 1.98. The number of allylic oxidation sites excluding steroid dienone is 2. The first-order valence-corrected chi connectivity index (χ1v) is 8.79. The largest absolute Gasteiger partial charge is 0.0926 e. The van der Waals surface area contributed by atoms with Gasteiger partial charge in [-0.1, -0.05) is 79.0 Å². The Morgan fingerprint density at radius 2 is 1.28 bits per heavy atom. The Bertz CT molecular complexity index is 594. The second-order valence-electron chi connectivity index (χ2n) is 4.71. The third-order valence-electron chi connectivity index (χ3n) is 3.47. The van der Waals surface area contributed by atoms with Gasteiger partial charge in [0.05, 0.1) is 8.80 Å². The van der Waals surface area contributed by atoms with Gasteiger partial charge in [-0.3, -0.25) is 0 Å². The van der Waals surface area contributed by atoms with Crippen molar-refractivity contribution in [2.75, 3.05) is 0 Å². The Morgan fingerprint density at radius 1 is 0.722 bits per heavy atom. The molecule has 0 aromatic heterocycles. The molecule has 0 fully saturated rings. The number of hydrogen-bond donors (Lipinski definition) is 0. The summed E-state index contributed by atoms with van der Waals surface area (Å²) in [5.41, 5.74) is 6.57. The van der Waals surface area contributed by atoms with E-state index in [2.05, 4.69) is 79.0 Å². The zero-order chi connectivity index (χ0) is 12.4. The van der Waals surface area contributed by atoms with Gasteiger partial charge in [-0.05, 0) is 21.9 Å². The second-order valence-corrected chi connectivity index (χ2v) is 7.25. The summed E-state index contributed by atoms with van der Waals surface area (Å²) in [6.45, 7) is 2.40. The smallest absolute Gasteiger partial charge is 0.0924 e. The summed E-state index contributed by atoms with van der Waals surface area (Å²) in [6, 6.07) is 21.5. The molecule has 0 N–H and O–H groups in total. The van der Waals surface area contributed by atoms with Gasteiger partial charge in [-0.15, -0.1) is 0 Å². The van der Waals surface area contributed by atoms with Crippen molar-refractivity contribution in [1.82, 2.24) is 0 Å². The molecule has 0 aliphatic carbocycles. The van der Waals surface area contributed by atoms with Crippen LogP contribution in [-0.4, -0.2) is 8.80 Å². The van der Waals surface area contributed by atoms with E-state index in [1.54, 1.807) is 5.20 Å². The molecule has 3 rings (SSSR count). The fourth-order valence-electron chi connectivity index (χ4n) is 2.58. The maximum Gasteiger partial charge on any atom is 0.0926 e. The van der Waals surface area contributed by atoms with Gasteiger partial charge in [0.15, 0.2) is 0 Å². The van der Waals surface area contributed by atoms with Gasteiger partial charge >= 0.3 is 0 Å². The molecule has 2 aromatic rings.